The number of likely N-dealkylation sites (tertiary alicyclic amines) is 1. The van der Waals surface area contributed by atoms with Gasteiger partial charge in [-0.3, -0.25) is 0 Å². The summed E-state index contributed by atoms with van der Waals surface area (Å²) in [4.78, 5) is 2.40. The molecule has 3 nitrogen and oxygen atoms in total. The predicted molar refractivity (Wildman–Crippen MR) is 52.7 cm³/mol. The van der Waals surface area contributed by atoms with Crippen LogP contribution in [-0.4, -0.2) is 50.0 Å². The highest BCUT2D eigenvalue weighted by atomic mass is 16.5. The lowest BCUT2D eigenvalue weighted by Gasteiger charge is -2.38. The van der Waals surface area contributed by atoms with Crippen LogP contribution >= 0.6 is 0 Å². The molecule has 1 rings (SSSR count). The number of ether oxygens (including phenoxy) is 1. The SMILES string of the molecule is COCCN1CCC(C)(CO)CC1. The van der Waals surface area contributed by atoms with Crippen LogP contribution in [-0.2, 0) is 4.74 Å². The van der Waals surface area contributed by atoms with Gasteiger partial charge in [0.05, 0.1) is 6.61 Å². The van der Waals surface area contributed by atoms with Gasteiger partial charge < -0.3 is 14.7 Å². The smallest absolute Gasteiger partial charge is 0.0589 e. The van der Waals surface area contributed by atoms with Crippen molar-refractivity contribution in [1.29, 1.82) is 0 Å². The van der Waals surface area contributed by atoms with E-state index in [1.165, 1.54) is 0 Å². The maximum absolute atomic E-state index is 9.17. The molecule has 0 aromatic rings. The van der Waals surface area contributed by atoms with E-state index < -0.39 is 0 Å². The molecule has 0 radical (unpaired) electrons. The number of nitrogens with zero attached hydrogens (tertiary/aromatic N) is 1. The summed E-state index contributed by atoms with van der Waals surface area (Å²) in [5.74, 6) is 0. The minimum atomic E-state index is 0.170. The average Bonchev–Trinajstić information content (AvgIpc) is 2.17. The van der Waals surface area contributed by atoms with E-state index in [0.29, 0.717) is 6.61 Å². The van der Waals surface area contributed by atoms with Crippen LogP contribution in [0.5, 0.6) is 0 Å². The standard InChI is InChI=1S/C10H21NO2/c1-10(9-12)3-5-11(6-4-10)7-8-13-2/h12H,3-9H2,1-2H3. The van der Waals surface area contributed by atoms with Crippen LogP contribution in [0, 0.1) is 5.41 Å². The monoisotopic (exact) mass is 187 g/mol. The normalized spacial score (nSPS) is 23.3. The van der Waals surface area contributed by atoms with Crippen molar-refractivity contribution < 1.29 is 9.84 Å². The summed E-state index contributed by atoms with van der Waals surface area (Å²) in [6, 6.07) is 0. The van der Waals surface area contributed by atoms with Gasteiger partial charge in [0.1, 0.15) is 0 Å². The Bertz CT molecular complexity index is 142. The van der Waals surface area contributed by atoms with Gasteiger partial charge >= 0.3 is 0 Å². The largest absolute Gasteiger partial charge is 0.396 e. The molecule has 1 saturated heterocycles. The Hall–Kier alpha value is -0.120. The highest BCUT2D eigenvalue weighted by Crippen LogP contribution is 2.29. The summed E-state index contributed by atoms with van der Waals surface area (Å²) in [5, 5.41) is 9.17. The molecule has 0 bridgehead atoms. The summed E-state index contributed by atoms with van der Waals surface area (Å²) in [5.41, 5.74) is 0.170. The van der Waals surface area contributed by atoms with Gasteiger partial charge in [0.25, 0.3) is 0 Å². The summed E-state index contributed by atoms with van der Waals surface area (Å²) >= 11 is 0. The van der Waals surface area contributed by atoms with Crippen LogP contribution in [0.3, 0.4) is 0 Å². The first-order valence-corrected chi connectivity index (χ1v) is 5.02. The molecular formula is C10H21NO2. The molecule has 0 atom stereocenters. The zero-order valence-electron chi connectivity index (χ0n) is 8.75. The van der Waals surface area contributed by atoms with Crippen molar-refractivity contribution >= 4 is 0 Å². The van der Waals surface area contributed by atoms with Crippen molar-refractivity contribution in [1.82, 2.24) is 4.90 Å². The number of aliphatic hydroxyl groups excluding tert-OH is 1. The Balaban J connectivity index is 2.22. The molecule has 0 aliphatic carbocycles. The predicted octanol–water partition coefficient (Wildman–Crippen LogP) is 0.727. The molecule has 1 aliphatic rings. The second-order valence-corrected chi connectivity index (χ2v) is 4.30. The number of rotatable bonds is 4. The van der Waals surface area contributed by atoms with Crippen LogP contribution in [0.25, 0.3) is 0 Å². The lowest BCUT2D eigenvalue weighted by atomic mass is 9.81. The molecule has 13 heavy (non-hydrogen) atoms. The van der Waals surface area contributed by atoms with E-state index in [4.69, 9.17) is 9.84 Å². The quantitative estimate of drug-likeness (QED) is 0.704. The Morgan fingerprint density at radius 2 is 2.00 bits per heavy atom. The number of piperidine rings is 1. The van der Waals surface area contributed by atoms with Gasteiger partial charge in [0, 0.05) is 20.3 Å². The van der Waals surface area contributed by atoms with Gasteiger partial charge in [-0.1, -0.05) is 6.92 Å². The maximum atomic E-state index is 9.17. The van der Waals surface area contributed by atoms with Crippen molar-refractivity contribution in [2.75, 3.05) is 40.0 Å². The maximum Gasteiger partial charge on any atom is 0.0589 e. The first-order valence-electron chi connectivity index (χ1n) is 5.02. The average molecular weight is 187 g/mol. The van der Waals surface area contributed by atoms with Crippen molar-refractivity contribution in [2.24, 2.45) is 5.41 Å². The molecule has 0 aromatic heterocycles. The summed E-state index contributed by atoms with van der Waals surface area (Å²) < 4.78 is 5.03. The lowest BCUT2D eigenvalue weighted by molar-refractivity contribution is 0.0469. The minimum Gasteiger partial charge on any atom is -0.396 e. The third kappa shape index (κ3) is 3.25. The second-order valence-electron chi connectivity index (χ2n) is 4.30. The summed E-state index contributed by atoms with van der Waals surface area (Å²) in [7, 11) is 1.74. The third-order valence-corrected chi connectivity index (χ3v) is 3.06. The van der Waals surface area contributed by atoms with Crippen molar-refractivity contribution in [3.05, 3.63) is 0 Å². The topological polar surface area (TPSA) is 32.7 Å². The molecule has 0 amide bonds. The highest BCUT2D eigenvalue weighted by molar-refractivity contribution is 4.81. The molecule has 1 N–H and O–H groups in total. The summed E-state index contributed by atoms with van der Waals surface area (Å²) in [6.07, 6.45) is 2.21. The minimum absolute atomic E-state index is 0.170. The van der Waals surface area contributed by atoms with Crippen molar-refractivity contribution in [3.63, 3.8) is 0 Å². The first kappa shape index (κ1) is 11.0. The molecule has 0 saturated carbocycles. The number of hydrogen-bond acceptors (Lipinski definition) is 3. The zero-order valence-corrected chi connectivity index (χ0v) is 8.75. The molecule has 78 valence electrons. The van der Waals surface area contributed by atoms with E-state index in [1.54, 1.807) is 7.11 Å². The molecule has 0 unspecified atom stereocenters. The van der Waals surface area contributed by atoms with Crippen LogP contribution in [0.2, 0.25) is 0 Å². The van der Waals surface area contributed by atoms with E-state index in [-0.39, 0.29) is 5.41 Å². The fourth-order valence-electron chi connectivity index (χ4n) is 1.69. The summed E-state index contributed by atoms with van der Waals surface area (Å²) in [6.45, 7) is 6.53. The third-order valence-electron chi connectivity index (χ3n) is 3.06. The van der Waals surface area contributed by atoms with Crippen LogP contribution < -0.4 is 0 Å². The van der Waals surface area contributed by atoms with E-state index in [1.807, 2.05) is 0 Å². The van der Waals surface area contributed by atoms with E-state index >= 15 is 0 Å². The molecular weight excluding hydrogens is 166 g/mol. The number of methoxy groups -OCH3 is 1. The van der Waals surface area contributed by atoms with Crippen LogP contribution in [0.4, 0.5) is 0 Å². The van der Waals surface area contributed by atoms with Gasteiger partial charge in [-0.2, -0.15) is 0 Å². The Morgan fingerprint density at radius 1 is 1.38 bits per heavy atom. The molecule has 0 aromatic carbocycles. The van der Waals surface area contributed by atoms with E-state index in [0.717, 1.165) is 39.1 Å². The van der Waals surface area contributed by atoms with E-state index in [2.05, 4.69) is 11.8 Å². The highest BCUT2D eigenvalue weighted by Gasteiger charge is 2.28. The van der Waals surface area contributed by atoms with E-state index in [9.17, 15) is 0 Å². The van der Waals surface area contributed by atoms with Gasteiger partial charge in [-0.15, -0.1) is 0 Å². The number of hydrogen-bond donors (Lipinski definition) is 1. The molecule has 1 fully saturated rings. The molecule has 3 heteroatoms. The Morgan fingerprint density at radius 3 is 2.46 bits per heavy atom. The first-order chi connectivity index (χ1) is 6.20. The molecule has 0 spiro atoms. The van der Waals surface area contributed by atoms with Gasteiger partial charge in [0.2, 0.25) is 0 Å². The molecule has 1 heterocycles. The van der Waals surface area contributed by atoms with Gasteiger partial charge in [-0.25, -0.2) is 0 Å². The Labute approximate surface area is 80.7 Å². The number of aliphatic hydroxyl groups is 1. The fourth-order valence-corrected chi connectivity index (χ4v) is 1.69. The van der Waals surface area contributed by atoms with Gasteiger partial charge in [-0.05, 0) is 31.3 Å². The zero-order chi connectivity index (χ0) is 9.73. The lowest BCUT2D eigenvalue weighted by Crippen LogP contribution is -2.41. The van der Waals surface area contributed by atoms with Crippen LogP contribution in [0.15, 0.2) is 0 Å². The van der Waals surface area contributed by atoms with Gasteiger partial charge in [0.15, 0.2) is 0 Å². The van der Waals surface area contributed by atoms with Crippen LogP contribution in [0.1, 0.15) is 19.8 Å². The molecule has 1 aliphatic heterocycles. The van der Waals surface area contributed by atoms with Crippen molar-refractivity contribution in [3.8, 4) is 0 Å². The fraction of sp³-hybridized carbons (Fsp3) is 1.00. The van der Waals surface area contributed by atoms with Crippen molar-refractivity contribution in [2.45, 2.75) is 19.8 Å². The Kier molecular flexibility index (Phi) is 4.16. The second kappa shape index (κ2) is 4.94.